The van der Waals surface area contributed by atoms with Gasteiger partial charge >= 0.3 is 0 Å². The Morgan fingerprint density at radius 2 is 2.18 bits per heavy atom. The van der Waals surface area contributed by atoms with Crippen molar-refractivity contribution in [1.29, 1.82) is 0 Å². The molecule has 0 N–H and O–H groups in total. The lowest BCUT2D eigenvalue weighted by atomic mass is 10.1. The lowest BCUT2D eigenvalue weighted by Gasteiger charge is -2.04. The zero-order valence-corrected chi connectivity index (χ0v) is 8.46. The fourth-order valence-electron chi connectivity index (χ4n) is 1.16. The maximum Gasteiger partial charge on any atom is 0.0656 e. The van der Waals surface area contributed by atoms with Crippen LogP contribution in [-0.4, -0.2) is 10.3 Å². The van der Waals surface area contributed by atoms with Crippen molar-refractivity contribution in [2.45, 2.75) is 49.3 Å². The molecule has 0 spiro atoms. The monoisotopic (exact) mass is 193 g/mol. The number of unbranched alkanes of at least 4 members (excludes halogenated alkanes) is 3. The lowest BCUT2D eigenvalue weighted by molar-refractivity contribution is 0.694. The molecule has 1 saturated carbocycles. The van der Waals surface area contributed by atoms with Crippen molar-refractivity contribution in [3.8, 4) is 0 Å². The predicted octanol–water partition coefficient (Wildman–Crippen LogP) is 3.76. The van der Waals surface area contributed by atoms with E-state index in [0.29, 0.717) is 0 Å². The summed E-state index contributed by atoms with van der Waals surface area (Å²) in [6.45, 7) is 2.21. The zero-order chi connectivity index (χ0) is 8.32. The molecule has 1 rings (SSSR count). The van der Waals surface area contributed by atoms with E-state index in [1.165, 1.54) is 19.3 Å². The molecule has 0 aliphatic heterocycles. The van der Waals surface area contributed by atoms with E-state index in [1.807, 2.05) is 0 Å². The molecule has 1 aliphatic carbocycles. The minimum atomic E-state index is -0.130. The molecular weight excluding hydrogens is 179 g/mol. The van der Waals surface area contributed by atoms with Gasteiger partial charge in [0.25, 0.3) is 0 Å². The van der Waals surface area contributed by atoms with Gasteiger partial charge in [-0.25, -0.2) is 0 Å². The molecule has 0 aromatic heterocycles. The molecule has 0 nitrogen and oxygen atoms in total. The third kappa shape index (κ3) is 2.83. The second-order valence-corrected chi connectivity index (χ2v) is 4.53. The van der Waals surface area contributed by atoms with Crippen LogP contribution in [0.25, 0.3) is 0 Å². The summed E-state index contributed by atoms with van der Waals surface area (Å²) in [7, 11) is 0. The van der Waals surface area contributed by atoms with Gasteiger partial charge in [0.2, 0.25) is 0 Å². The van der Waals surface area contributed by atoms with Crippen molar-refractivity contribution in [3.63, 3.8) is 0 Å². The van der Waals surface area contributed by atoms with Crippen LogP contribution in [0.5, 0.6) is 0 Å². The van der Waals surface area contributed by atoms with Crippen molar-refractivity contribution in [2.24, 2.45) is 0 Å². The van der Waals surface area contributed by atoms with Crippen molar-refractivity contribution >= 4 is 23.2 Å². The standard InChI is InChI=1S/C9H15Cl2/c1-2-3-4-5-6-9(11)7-8(9)10/h6,8H,2-5,7H2,1H3. The van der Waals surface area contributed by atoms with Gasteiger partial charge in [0, 0.05) is 0 Å². The normalized spacial score (nSPS) is 35.7. The zero-order valence-electron chi connectivity index (χ0n) is 6.95. The van der Waals surface area contributed by atoms with Crippen LogP contribution in [-0.2, 0) is 0 Å². The molecule has 0 bridgehead atoms. The Hall–Kier alpha value is 0.580. The third-order valence-electron chi connectivity index (χ3n) is 2.14. The van der Waals surface area contributed by atoms with E-state index in [0.717, 1.165) is 12.8 Å². The summed E-state index contributed by atoms with van der Waals surface area (Å²) in [5, 5.41) is 0.200. The molecule has 0 aromatic rings. The highest BCUT2D eigenvalue weighted by molar-refractivity contribution is 6.37. The first-order chi connectivity index (χ1) is 5.19. The van der Waals surface area contributed by atoms with E-state index in [1.54, 1.807) is 0 Å². The highest BCUT2D eigenvalue weighted by Crippen LogP contribution is 2.50. The second kappa shape index (κ2) is 4.00. The van der Waals surface area contributed by atoms with E-state index in [4.69, 9.17) is 23.2 Å². The average molecular weight is 194 g/mol. The minimum Gasteiger partial charge on any atom is -0.121 e. The highest BCUT2D eigenvalue weighted by Gasteiger charge is 2.51. The third-order valence-corrected chi connectivity index (χ3v) is 3.37. The number of hydrogen-bond donors (Lipinski definition) is 0. The first-order valence-electron chi connectivity index (χ1n) is 4.36. The van der Waals surface area contributed by atoms with Crippen molar-refractivity contribution < 1.29 is 0 Å². The molecular formula is C9H15Cl2. The smallest absolute Gasteiger partial charge is 0.0656 e. The molecule has 2 atom stereocenters. The summed E-state index contributed by atoms with van der Waals surface area (Å²) in [5.74, 6) is 0. The minimum absolute atomic E-state index is 0.130. The van der Waals surface area contributed by atoms with Crippen LogP contribution in [0.1, 0.15) is 39.0 Å². The largest absolute Gasteiger partial charge is 0.121 e. The lowest BCUT2D eigenvalue weighted by Crippen LogP contribution is -2.02. The van der Waals surface area contributed by atoms with Gasteiger partial charge in [-0.15, -0.1) is 23.2 Å². The second-order valence-electron chi connectivity index (χ2n) is 3.30. The average Bonchev–Trinajstić information content (AvgIpc) is 2.54. The summed E-state index contributed by atoms with van der Waals surface area (Å²) in [4.78, 5) is -0.130. The number of halogens is 2. The molecule has 1 fully saturated rings. The molecule has 0 heterocycles. The topological polar surface area (TPSA) is 0 Å². The molecule has 11 heavy (non-hydrogen) atoms. The van der Waals surface area contributed by atoms with Crippen molar-refractivity contribution in [2.75, 3.05) is 0 Å². The first kappa shape index (κ1) is 9.67. The SMILES string of the molecule is CCCCC[CH]C1(Cl)CC1Cl. The van der Waals surface area contributed by atoms with Gasteiger partial charge in [-0.1, -0.05) is 26.2 Å². The summed E-state index contributed by atoms with van der Waals surface area (Å²) >= 11 is 11.9. The molecule has 1 aliphatic rings. The Morgan fingerprint density at radius 3 is 2.64 bits per heavy atom. The molecule has 1 radical (unpaired) electrons. The Balaban J connectivity index is 1.96. The molecule has 0 amide bonds. The van der Waals surface area contributed by atoms with Gasteiger partial charge in [0.05, 0.1) is 10.3 Å². The van der Waals surface area contributed by atoms with E-state index in [9.17, 15) is 0 Å². The maximum absolute atomic E-state index is 6.09. The van der Waals surface area contributed by atoms with Crippen LogP contribution in [0.2, 0.25) is 0 Å². The summed E-state index contributed by atoms with van der Waals surface area (Å²) in [6, 6.07) is 0. The Bertz CT molecular complexity index is 125. The van der Waals surface area contributed by atoms with E-state index >= 15 is 0 Å². The molecule has 0 saturated heterocycles. The van der Waals surface area contributed by atoms with E-state index < -0.39 is 0 Å². The van der Waals surface area contributed by atoms with Crippen LogP contribution in [0.3, 0.4) is 0 Å². The van der Waals surface area contributed by atoms with Gasteiger partial charge in [0.15, 0.2) is 0 Å². The molecule has 0 aromatic carbocycles. The summed E-state index contributed by atoms with van der Waals surface area (Å²) in [5.41, 5.74) is 0. The van der Waals surface area contributed by atoms with Gasteiger partial charge in [-0.2, -0.15) is 0 Å². The quantitative estimate of drug-likeness (QED) is 0.461. The van der Waals surface area contributed by atoms with Gasteiger partial charge in [-0.05, 0) is 19.3 Å². The van der Waals surface area contributed by atoms with Crippen molar-refractivity contribution in [1.82, 2.24) is 0 Å². The Labute approximate surface area is 79.3 Å². The van der Waals surface area contributed by atoms with Gasteiger partial charge < -0.3 is 0 Å². The maximum atomic E-state index is 6.09. The van der Waals surface area contributed by atoms with Gasteiger partial charge in [0.1, 0.15) is 0 Å². The van der Waals surface area contributed by atoms with Crippen LogP contribution in [0, 0.1) is 6.42 Å². The fourth-order valence-corrected chi connectivity index (χ4v) is 1.85. The molecule has 2 unspecified atom stereocenters. The number of rotatable bonds is 5. The summed E-state index contributed by atoms with van der Waals surface area (Å²) < 4.78 is 0. The summed E-state index contributed by atoms with van der Waals surface area (Å²) in [6.07, 6.45) is 8.10. The number of alkyl halides is 2. The van der Waals surface area contributed by atoms with Crippen LogP contribution in [0.15, 0.2) is 0 Å². The van der Waals surface area contributed by atoms with Crippen molar-refractivity contribution in [3.05, 3.63) is 6.42 Å². The predicted molar refractivity (Wildman–Crippen MR) is 51.3 cm³/mol. The molecule has 65 valence electrons. The Kier molecular flexibility index (Phi) is 3.52. The highest BCUT2D eigenvalue weighted by atomic mass is 35.5. The van der Waals surface area contributed by atoms with E-state index in [2.05, 4.69) is 13.3 Å². The van der Waals surface area contributed by atoms with Crippen LogP contribution >= 0.6 is 23.2 Å². The fraction of sp³-hybridized carbons (Fsp3) is 0.889. The van der Waals surface area contributed by atoms with E-state index in [-0.39, 0.29) is 10.3 Å². The molecule has 2 heteroatoms. The van der Waals surface area contributed by atoms with Crippen LogP contribution < -0.4 is 0 Å². The first-order valence-corrected chi connectivity index (χ1v) is 5.18. The van der Waals surface area contributed by atoms with Crippen LogP contribution in [0.4, 0.5) is 0 Å². The number of hydrogen-bond acceptors (Lipinski definition) is 0. The van der Waals surface area contributed by atoms with Gasteiger partial charge in [-0.3, -0.25) is 0 Å². The Morgan fingerprint density at radius 1 is 1.55 bits per heavy atom.